The molecule has 1 rings (SSSR count). The van der Waals surface area contributed by atoms with Gasteiger partial charge in [-0.25, -0.2) is 13.2 Å². The summed E-state index contributed by atoms with van der Waals surface area (Å²) in [5.41, 5.74) is -0.164. The standard InChI is InChI=1S/C12H10F3NO/c1-6(2)12(17)8(5-16)7-3-9(13)11(15)10(14)4-7/h3-4,6,8H,1-2H3. The summed E-state index contributed by atoms with van der Waals surface area (Å²) in [6.45, 7) is 3.14. The van der Waals surface area contributed by atoms with Crippen LogP contribution in [0.1, 0.15) is 25.3 Å². The first-order chi connectivity index (χ1) is 7.88. The minimum atomic E-state index is -1.61. The van der Waals surface area contributed by atoms with Crippen LogP contribution < -0.4 is 0 Å². The highest BCUT2D eigenvalue weighted by Gasteiger charge is 2.25. The van der Waals surface area contributed by atoms with Crippen LogP contribution in [0.2, 0.25) is 0 Å². The zero-order chi connectivity index (χ0) is 13.2. The lowest BCUT2D eigenvalue weighted by Gasteiger charge is -2.11. The monoisotopic (exact) mass is 241 g/mol. The van der Waals surface area contributed by atoms with Crippen LogP contribution in [0, 0.1) is 34.7 Å². The van der Waals surface area contributed by atoms with Crippen molar-refractivity contribution in [3.63, 3.8) is 0 Å². The average Bonchev–Trinajstić information content (AvgIpc) is 2.26. The van der Waals surface area contributed by atoms with Gasteiger partial charge in [0.1, 0.15) is 5.92 Å². The highest BCUT2D eigenvalue weighted by molar-refractivity contribution is 5.89. The number of carbonyl (C=O) groups excluding carboxylic acids is 1. The van der Waals surface area contributed by atoms with Crippen molar-refractivity contribution in [3.8, 4) is 6.07 Å². The van der Waals surface area contributed by atoms with E-state index < -0.39 is 35.1 Å². The van der Waals surface area contributed by atoms with Gasteiger partial charge in [-0.05, 0) is 17.7 Å². The normalized spacial score (nSPS) is 12.3. The summed E-state index contributed by atoms with van der Waals surface area (Å²) in [5.74, 6) is -6.61. The molecule has 5 heteroatoms. The number of hydrogen-bond donors (Lipinski definition) is 0. The molecule has 0 aromatic heterocycles. The Morgan fingerprint density at radius 2 is 1.71 bits per heavy atom. The fourth-order valence-electron chi connectivity index (χ4n) is 1.38. The van der Waals surface area contributed by atoms with E-state index in [1.165, 1.54) is 0 Å². The molecule has 0 N–H and O–H groups in total. The number of halogens is 3. The molecule has 0 heterocycles. The molecule has 0 aliphatic carbocycles. The predicted molar refractivity (Wildman–Crippen MR) is 54.5 cm³/mol. The fourth-order valence-corrected chi connectivity index (χ4v) is 1.38. The second-order valence-electron chi connectivity index (χ2n) is 3.92. The molecule has 0 fully saturated rings. The first kappa shape index (κ1) is 13.2. The Morgan fingerprint density at radius 3 is 2.06 bits per heavy atom. The van der Waals surface area contributed by atoms with Gasteiger partial charge in [-0.1, -0.05) is 13.8 Å². The Labute approximate surface area is 96.7 Å². The molecule has 17 heavy (non-hydrogen) atoms. The molecule has 0 spiro atoms. The number of Topliss-reactive ketones (excluding diaryl/α,β-unsaturated/α-hetero) is 1. The highest BCUT2D eigenvalue weighted by Crippen LogP contribution is 2.23. The Bertz CT molecular complexity index is 468. The zero-order valence-electron chi connectivity index (χ0n) is 9.30. The second-order valence-corrected chi connectivity index (χ2v) is 3.92. The van der Waals surface area contributed by atoms with Crippen LogP contribution in [0.4, 0.5) is 13.2 Å². The lowest BCUT2D eigenvalue weighted by atomic mass is 9.90. The molecule has 0 saturated carbocycles. The van der Waals surface area contributed by atoms with Gasteiger partial charge in [-0.2, -0.15) is 5.26 Å². The molecule has 0 aliphatic rings. The van der Waals surface area contributed by atoms with Crippen LogP contribution in [-0.2, 0) is 4.79 Å². The number of hydrogen-bond acceptors (Lipinski definition) is 2. The number of nitriles is 1. The maximum atomic E-state index is 13.0. The van der Waals surface area contributed by atoms with Crippen molar-refractivity contribution in [1.82, 2.24) is 0 Å². The Hall–Kier alpha value is -1.83. The number of nitrogens with zero attached hydrogens (tertiary/aromatic N) is 1. The van der Waals surface area contributed by atoms with Gasteiger partial charge in [0, 0.05) is 5.92 Å². The summed E-state index contributed by atoms with van der Waals surface area (Å²) < 4.78 is 38.7. The lowest BCUT2D eigenvalue weighted by molar-refractivity contribution is -0.122. The van der Waals surface area contributed by atoms with Crippen molar-refractivity contribution >= 4 is 5.78 Å². The quantitative estimate of drug-likeness (QED) is 0.763. The summed E-state index contributed by atoms with van der Waals surface area (Å²) in [6, 6.07) is 3.01. The van der Waals surface area contributed by atoms with E-state index in [9.17, 15) is 18.0 Å². The third-order valence-electron chi connectivity index (χ3n) is 2.32. The van der Waals surface area contributed by atoms with Crippen LogP contribution in [0.5, 0.6) is 0 Å². The van der Waals surface area contributed by atoms with Gasteiger partial charge in [0.2, 0.25) is 0 Å². The first-order valence-electron chi connectivity index (χ1n) is 4.96. The molecule has 0 bridgehead atoms. The molecule has 0 saturated heterocycles. The summed E-state index contributed by atoms with van der Waals surface area (Å²) in [6.07, 6.45) is 0. The van der Waals surface area contributed by atoms with E-state index >= 15 is 0 Å². The molecule has 1 unspecified atom stereocenters. The Kier molecular flexibility index (Phi) is 3.89. The second kappa shape index (κ2) is 5.00. The van der Waals surface area contributed by atoms with Crippen LogP contribution in [-0.4, -0.2) is 5.78 Å². The van der Waals surface area contributed by atoms with Crippen LogP contribution in [0.25, 0.3) is 0 Å². The average molecular weight is 241 g/mol. The highest BCUT2D eigenvalue weighted by atomic mass is 19.2. The molecule has 0 aliphatic heterocycles. The summed E-state index contributed by atoms with van der Waals surface area (Å²) in [4.78, 5) is 11.6. The van der Waals surface area contributed by atoms with Crippen molar-refractivity contribution in [1.29, 1.82) is 5.26 Å². The van der Waals surface area contributed by atoms with Crippen molar-refractivity contribution in [2.24, 2.45) is 5.92 Å². The van der Waals surface area contributed by atoms with Crippen molar-refractivity contribution in [2.45, 2.75) is 19.8 Å². The molecule has 1 atom stereocenters. The molecule has 0 radical (unpaired) electrons. The topological polar surface area (TPSA) is 40.9 Å². The van der Waals surface area contributed by atoms with E-state index in [0.717, 1.165) is 0 Å². The number of ketones is 1. The van der Waals surface area contributed by atoms with Crippen LogP contribution in [0.15, 0.2) is 12.1 Å². The van der Waals surface area contributed by atoms with E-state index in [1.54, 1.807) is 19.9 Å². The van der Waals surface area contributed by atoms with Gasteiger partial charge in [0.05, 0.1) is 6.07 Å². The molecule has 1 aromatic rings. The fraction of sp³-hybridized carbons (Fsp3) is 0.333. The molecule has 90 valence electrons. The minimum Gasteiger partial charge on any atom is -0.298 e. The van der Waals surface area contributed by atoms with Crippen LogP contribution in [0.3, 0.4) is 0 Å². The van der Waals surface area contributed by atoms with E-state index in [4.69, 9.17) is 5.26 Å². The van der Waals surface area contributed by atoms with Crippen molar-refractivity contribution in [3.05, 3.63) is 35.1 Å². The summed E-state index contributed by atoms with van der Waals surface area (Å²) >= 11 is 0. The molecule has 1 aromatic carbocycles. The third-order valence-corrected chi connectivity index (χ3v) is 2.32. The van der Waals surface area contributed by atoms with Gasteiger partial charge in [0.25, 0.3) is 0 Å². The Morgan fingerprint density at radius 1 is 1.24 bits per heavy atom. The van der Waals surface area contributed by atoms with E-state index in [2.05, 4.69) is 0 Å². The van der Waals surface area contributed by atoms with Gasteiger partial charge in [-0.3, -0.25) is 4.79 Å². The maximum Gasteiger partial charge on any atom is 0.194 e. The summed E-state index contributed by atoms with van der Waals surface area (Å²) in [7, 11) is 0. The molecular formula is C12H10F3NO. The van der Waals surface area contributed by atoms with Gasteiger partial charge < -0.3 is 0 Å². The predicted octanol–water partition coefficient (Wildman–Crippen LogP) is 2.94. The molecule has 0 amide bonds. The SMILES string of the molecule is CC(C)C(=O)C(C#N)c1cc(F)c(F)c(F)c1. The van der Waals surface area contributed by atoms with E-state index in [0.29, 0.717) is 12.1 Å². The van der Waals surface area contributed by atoms with Gasteiger partial charge >= 0.3 is 0 Å². The number of benzene rings is 1. The van der Waals surface area contributed by atoms with Gasteiger partial charge in [-0.15, -0.1) is 0 Å². The smallest absolute Gasteiger partial charge is 0.194 e. The van der Waals surface area contributed by atoms with E-state index in [-0.39, 0.29) is 5.56 Å². The third kappa shape index (κ3) is 2.64. The van der Waals surface area contributed by atoms with Crippen molar-refractivity contribution < 1.29 is 18.0 Å². The lowest BCUT2D eigenvalue weighted by Crippen LogP contribution is -2.17. The molecular weight excluding hydrogens is 231 g/mol. The van der Waals surface area contributed by atoms with Crippen LogP contribution >= 0.6 is 0 Å². The number of carbonyl (C=O) groups is 1. The minimum absolute atomic E-state index is 0.164. The largest absolute Gasteiger partial charge is 0.298 e. The maximum absolute atomic E-state index is 13.0. The van der Waals surface area contributed by atoms with E-state index in [1.807, 2.05) is 0 Å². The zero-order valence-corrected chi connectivity index (χ0v) is 9.30. The number of rotatable bonds is 3. The summed E-state index contributed by atoms with van der Waals surface area (Å²) in [5, 5.41) is 8.84. The Balaban J connectivity index is 3.24. The van der Waals surface area contributed by atoms with Gasteiger partial charge in [0.15, 0.2) is 23.2 Å². The first-order valence-corrected chi connectivity index (χ1v) is 4.96. The molecule has 2 nitrogen and oxygen atoms in total. The van der Waals surface area contributed by atoms with Crippen molar-refractivity contribution in [2.75, 3.05) is 0 Å².